The minimum absolute atomic E-state index is 0.0871. The van der Waals surface area contributed by atoms with E-state index < -0.39 is 0 Å². The Bertz CT molecular complexity index is 1450. The molecule has 7 nitrogen and oxygen atoms in total. The highest BCUT2D eigenvalue weighted by Gasteiger charge is 2.37. The van der Waals surface area contributed by atoms with E-state index in [1.807, 2.05) is 28.8 Å². The molecule has 170 valence electrons. The molecule has 2 aromatic heterocycles. The second kappa shape index (κ2) is 7.80. The first-order chi connectivity index (χ1) is 16.5. The van der Waals surface area contributed by atoms with Crippen molar-refractivity contribution in [2.45, 2.75) is 38.0 Å². The van der Waals surface area contributed by atoms with Crippen LogP contribution in [0.5, 0.6) is 0 Å². The van der Waals surface area contributed by atoms with Crippen molar-refractivity contribution in [3.8, 4) is 11.3 Å². The Morgan fingerprint density at radius 3 is 2.65 bits per heavy atom. The Hall–Kier alpha value is -4.00. The number of nitrogens with zero attached hydrogens (tertiary/aromatic N) is 4. The van der Waals surface area contributed by atoms with Gasteiger partial charge in [0, 0.05) is 35.5 Å². The number of aromatic nitrogens is 3. The van der Waals surface area contributed by atoms with Crippen LogP contribution in [0.15, 0.2) is 65.9 Å². The van der Waals surface area contributed by atoms with Gasteiger partial charge < -0.3 is 11.5 Å². The fraction of sp³-hybridized carbons (Fsp3) is 0.259. The summed E-state index contributed by atoms with van der Waals surface area (Å²) in [5.41, 5.74) is 18.8. The lowest BCUT2D eigenvalue weighted by Crippen LogP contribution is -2.34. The summed E-state index contributed by atoms with van der Waals surface area (Å²) in [6.45, 7) is 2.24. The Morgan fingerprint density at radius 1 is 1.09 bits per heavy atom. The molecule has 1 saturated carbocycles. The van der Waals surface area contributed by atoms with Gasteiger partial charge in [-0.05, 0) is 42.4 Å². The number of anilines is 1. The molecule has 0 radical (unpaired) electrons. The quantitative estimate of drug-likeness (QED) is 0.474. The van der Waals surface area contributed by atoms with Crippen LogP contribution in [0, 0.1) is 5.92 Å². The van der Waals surface area contributed by atoms with E-state index >= 15 is 0 Å². The van der Waals surface area contributed by atoms with Gasteiger partial charge in [0.2, 0.25) is 5.91 Å². The van der Waals surface area contributed by atoms with Crippen LogP contribution in [0.25, 0.3) is 16.8 Å². The molecule has 7 heteroatoms. The van der Waals surface area contributed by atoms with Gasteiger partial charge in [0.05, 0.1) is 5.69 Å². The number of amides is 1. The minimum Gasteiger partial charge on any atom is -0.382 e. The van der Waals surface area contributed by atoms with Gasteiger partial charge in [-0.15, -0.1) is 0 Å². The summed E-state index contributed by atoms with van der Waals surface area (Å²) in [4.78, 5) is 25.9. The molecule has 4 aromatic rings. The largest absolute Gasteiger partial charge is 0.382 e. The van der Waals surface area contributed by atoms with Crippen molar-refractivity contribution >= 4 is 28.6 Å². The minimum atomic E-state index is -0.241. The van der Waals surface area contributed by atoms with Gasteiger partial charge in [-0.2, -0.15) is 0 Å². The van der Waals surface area contributed by atoms with Crippen LogP contribution in [-0.4, -0.2) is 26.0 Å². The highest BCUT2D eigenvalue weighted by Crippen LogP contribution is 2.44. The van der Waals surface area contributed by atoms with Crippen LogP contribution in [0.2, 0.25) is 0 Å². The Labute approximate surface area is 197 Å². The standard InChI is InChI=1S/C27H26N6O/c1-15-11-21(16-5-3-2-4-6-16)31-22-14-17(7-8-20(15)22)23-24-25(28)30-9-10-33(24)27(32-23)19-12-18(13-19)26(29)34/h2-10,14-15,18-19H,11-13H2,1H3,(H2,28,30)(H2,29,34). The fourth-order valence-electron chi connectivity index (χ4n) is 5.25. The molecule has 4 N–H and O–H groups in total. The Kier molecular flexibility index (Phi) is 4.72. The number of nitrogen functional groups attached to an aromatic ring is 1. The number of carbonyl (C=O) groups is 1. The monoisotopic (exact) mass is 450 g/mol. The van der Waals surface area contributed by atoms with E-state index in [1.54, 1.807) is 6.20 Å². The maximum atomic E-state index is 11.5. The van der Waals surface area contributed by atoms with Gasteiger partial charge in [0.25, 0.3) is 0 Å². The first-order valence-corrected chi connectivity index (χ1v) is 11.7. The Balaban J connectivity index is 1.45. The van der Waals surface area contributed by atoms with E-state index in [0.717, 1.165) is 46.0 Å². The third-order valence-corrected chi connectivity index (χ3v) is 7.21. The van der Waals surface area contributed by atoms with E-state index in [4.69, 9.17) is 21.4 Å². The highest BCUT2D eigenvalue weighted by molar-refractivity contribution is 6.04. The van der Waals surface area contributed by atoms with E-state index in [-0.39, 0.29) is 17.7 Å². The number of imidazole rings is 1. The molecule has 1 atom stereocenters. The summed E-state index contributed by atoms with van der Waals surface area (Å²) in [5, 5.41) is 0. The average molecular weight is 451 g/mol. The van der Waals surface area contributed by atoms with E-state index in [9.17, 15) is 4.79 Å². The number of carbonyl (C=O) groups excluding carboxylic acids is 1. The number of benzene rings is 2. The molecule has 1 unspecified atom stereocenters. The van der Waals surface area contributed by atoms with E-state index in [1.165, 1.54) is 5.56 Å². The third kappa shape index (κ3) is 3.27. The molecule has 1 aliphatic carbocycles. The molecular weight excluding hydrogens is 424 g/mol. The highest BCUT2D eigenvalue weighted by atomic mass is 16.1. The summed E-state index contributed by atoms with van der Waals surface area (Å²) >= 11 is 0. The molecule has 2 aromatic carbocycles. The first kappa shape index (κ1) is 20.6. The van der Waals surface area contributed by atoms with Crippen molar-refractivity contribution in [2.24, 2.45) is 16.6 Å². The maximum absolute atomic E-state index is 11.5. The van der Waals surface area contributed by atoms with Crippen molar-refractivity contribution in [2.75, 3.05) is 5.73 Å². The number of fused-ring (bicyclic) bond motifs is 2. The molecule has 3 heterocycles. The topological polar surface area (TPSA) is 112 Å². The molecule has 6 rings (SSSR count). The zero-order valence-corrected chi connectivity index (χ0v) is 19.0. The average Bonchev–Trinajstić information content (AvgIpc) is 3.19. The molecule has 1 amide bonds. The predicted molar refractivity (Wildman–Crippen MR) is 133 cm³/mol. The second-order valence-corrected chi connectivity index (χ2v) is 9.42. The second-order valence-electron chi connectivity index (χ2n) is 9.42. The van der Waals surface area contributed by atoms with E-state index in [0.29, 0.717) is 24.6 Å². The lowest BCUT2D eigenvalue weighted by Gasteiger charge is -2.31. The number of hydrogen-bond acceptors (Lipinski definition) is 5. The summed E-state index contributed by atoms with van der Waals surface area (Å²) in [5.74, 6) is 1.54. The lowest BCUT2D eigenvalue weighted by molar-refractivity contribution is -0.124. The smallest absolute Gasteiger partial charge is 0.220 e. The van der Waals surface area contributed by atoms with Gasteiger partial charge in [0.15, 0.2) is 0 Å². The lowest BCUT2D eigenvalue weighted by atomic mass is 9.74. The molecule has 2 aliphatic rings. The molecule has 34 heavy (non-hydrogen) atoms. The molecule has 1 fully saturated rings. The number of hydrogen-bond donors (Lipinski definition) is 2. The third-order valence-electron chi connectivity index (χ3n) is 7.21. The van der Waals surface area contributed by atoms with Gasteiger partial charge in [-0.3, -0.25) is 14.2 Å². The van der Waals surface area contributed by atoms with Gasteiger partial charge >= 0.3 is 0 Å². The zero-order chi connectivity index (χ0) is 23.4. The number of rotatable bonds is 4. The van der Waals surface area contributed by atoms with Gasteiger partial charge in [-0.25, -0.2) is 9.97 Å². The van der Waals surface area contributed by atoms with Gasteiger partial charge in [-0.1, -0.05) is 49.4 Å². The summed E-state index contributed by atoms with van der Waals surface area (Å²) in [6, 6.07) is 16.7. The normalized spacial score (nSPS) is 21.6. The first-order valence-electron chi connectivity index (χ1n) is 11.7. The Morgan fingerprint density at radius 2 is 1.88 bits per heavy atom. The van der Waals surface area contributed by atoms with Crippen LogP contribution >= 0.6 is 0 Å². The maximum Gasteiger partial charge on any atom is 0.220 e. The van der Waals surface area contributed by atoms with Crippen LogP contribution in [0.3, 0.4) is 0 Å². The van der Waals surface area contributed by atoms with Crippen molar-refractivity contribution in [3.05, 3.63) is 77.9 Å². The van der Waals surface area contributed by atoms with Crippen molar-refractivity contribution < 1.29 is 4.79 Å². The predicted octanol–water partition coefficient (Wildman–Crippen LogP) is 4.59. The molecule has 0 spiro atoms. The SMILES string of the molecule is CC1CC(c2ccccc2)=Nc2cc(-c3nc(C4CC(C(N)=O)C4)n4ccnc(N)c34)ccc21. The molecular formula is C27H26N6O. The van der Waals surface area contributed by atoms with Crippen LogP contribution < -0.4 is 11.5 Å². The summed E-state index contributed by atoms with van der Waals surface area (Å²) in [7, 11) is 0. The molecule has 0 saturated heterocycles. The number of nitrogens with two attached hydrogens (primary N) is 2. The zero-order valence-electron chi connectivity index (χ0n) is 19.0. The molecule has 1 aliphatic heterocycles. The van der Waals surface area contributed by atoms with Crippen molar-refractivity contribution in [1.82, 2.24) is 14.4 Å². The van der Waals surface area contributed by atoms with Crippen LogP contribution in [0.4, 0.5) is 11.5 Å². The van der Waals surface area contributed by atoms with Crippen molar-refractivity contribution in [3.63, 3.8) is 0 Å². The van der Waals surface area contributed by atoms with E-state index in [2.05, 4.69) is 42.2 Å². The van der Waals surface area contributed by atoms with Gasteiger partial charge in [0.1, 0.15) is 22.9 Å². The number of aliphatic imine (C=N–C) groups is 1. The van der Waals surface area contributed by atoms with Crippen LogP contribution in [-0.2, 0) is 4.79 Å². The van der Waals surface area contributed by atoms with Crippen molar-refractivity contribution in [1.29, 1.82) is 0 Å². The fourth-order valence-corrected chi connectivity index (χ4v) is 5.25. The number of primary amides is 1. The summed E-state index contributed by atoms with van der Waals surface area (Å²) < 4.78 is 2.01. The summed E-state index contributed by atoms with van der Waals surface area (Å²) in [6.07, 6.45) is 5.91. The molecule has 0 bridgehead atoms. The van der Waals surface area contributed by atoms with Crippen LogP contribution in [0.1, 0.15) is 55.0 Å².